The molecule has 2 aliphatic rings. The number of nitrogens with zero attached hydrogens (tertiary/aromatic N) is 1. The van der Waals surface area contributed by atoms with Crippen molar-refractivity contribution in [2.45, 2.75) is 24.9 Å². The van der Waals surface area contributed by atoms with E-state index in [1.165, 1.54) is 0 Å². The van der Waals surface area contributed by atoms with Gasteiger partial charge in [-0.05, 0) is 13.0 Å². The number of carbonyl (C=O) groups excluding carboxylic acids is 1. The minimum Gasteiger partial charge on any atom is -0.388 e. The lowest BCUT2D eigenvalue weighted by atomic mass is 9.93. The fourth-order valence-electron chi connectivity index (χ4n) is 2.61. The summed E-state index contributed by atoms with van der Waals surface area (Å²) >= 11 is 0. The van der Waals surface area contributed by atoms with Gasteiger partial charge in [-0.3, -0.25) is 4.79 Å². The number of nitrogens with one attached hydrogen (secondary N) is 1. The molecule has 98 valence electrons. The molecule has 1 unspecified atom stereocenters. The average molecular weight is 242 g/mol. The molecule has 0 aromatic carbocycles. The summed E-state index contributed by atoms with van der Waals surface area (Å²) in [7, 11) is 1.79. The molecule has 1 atom stereocenters. The number of aliphatic hydroxyl groups is 1. The largest absolute Gasteiger partial charge is 0.388 e. The number of carbonyl (C=O) groups is 1. The first-order valence-corrected chi connectivity index (χ1v) is 6.37. The Balaban J connectivity index is 1.86. The van der Waals surface area contributed by atoms with Crippen molar-refractivity contribution in [2.75, 3.05) is 39.9 Å². The Bertz CT molecular complexity index is 271. The molecule has 17 heavy (non-hydrogen) atoms. The molecule has 0 radical (unpaired) electrons. The summed E-state index contributed by atoms with van der Waals surface area (Å²) < 4.78 is 5.23. The highest BCUT2D eigenvalue weighted by Gasteiger charge is 2.34. The molecule has 2 rings (SSSR count). The van der Waals surface area contributed by atoms with Gasteiger partial charge in [-0.1, -0.05) is 0 Å². The number of amides is 1. The molecule has 0 aromatic heterocycles. The topological polar surface area (TPSA) is 61.8 Å². The second kappa shape index (κ2) is 5.33. The van der Waals surface area contributed by atoms with Crippen LogP contribution in [0.1, 0.15) is 19.3 Å². The Morgan fingerprint density at radius 3 is 2.82 bits per heavy atom. The first kappa shape index (κ1) is 12.8. The SMILES string of the molecule is CN(CC1(O)CCOCC1)C(=O)C1CCNC1. The van der Waals surface area contributed by atoms with Crippen molar-refractivity contribution < 1.29 is 14.6 Å². The number of hydrogen-bond acceptors (Lipinski definition) is 4. The average Bonchev–Trinajstić information content (AvgIpc) is 2.81. The molecular formula is C12H22N2O3. The van der Waals surface area contributed by atoms with E-state index in [0.29, 0.717) is 32.6 Å². The van der Waals surface area contributed by atoms with Crippen LogP contribution in [0.2, 0.25) is 0 Å². The molecule has 1 amide bonds. The number of rotatable bonds is 3. The lowest BCUT2D eigenvalue weighted by Crippen LogP contribution is -2.48. The smallest absolute Gasteiger partial charge is 0.226 e. The molecule has 2 heterocycles. The third-order valence-corrected chi connectivity index (χ3v) is 3.74. The summed E-state index contributed by atoms with van der Waals surface area (Å²) in [5.41, 5.74) is -0.755. The molecule has 2 N–H and O–H groups in total. The van der Waals surface area contributed by atoms with E-state index in [2.05, 4.69) is 5.32 Å². The number of likely N-dealkylation sites (N-methyl/N-ethyl adjacent to an activating group) is 1. The van der Waals surface area contributed by atoms with Crippen LogP contribution in [-0.4, -0.2) is 61.4 Å². The van der Waals surface area contributed by atoms with Crippen molar-refractivity contribution >= 4 is 5.91 Å². The molecule has 0 bridgehead atoms. The third kappa shape index (κ3) is 3.18. The van der Waals surface area contributed by atoms with Crippen molar-refractivity contribution in [2.24, 2.45) is 5.92 Å². The van der Waals surface area contributed by atoms with Crippen LogP contribution in [0.25, 0.3) is 0 Å². The predicted octanol–water partition coefficient (Wildman–Crippen LogP) is -0.404. The van der Waals surface area contributed by atoms with Gasteiger partial charge in [-0.25, -0.2) is 0 Å². The van der Waals surface area contributed by atoms with Gasteiger partial charge in [0.15, 0.2) is 0 Å². The predicted molar refractivity (Wildman–Crippen MR) is 63.6 cm³/mol. The zero-order valence-corrected chi connectivity index (χ0v) is 10.4. The maximum absolute atomic E-state index is 12.1. The second-order valence-electron chi connectivity index (χ2n) is 5.22. The zero-order chi connectivity index (χ0) is 12.3. The van der Waals surface area contributed by atoms with Gasteiger partial charge in [0.1, 0.15) is 0 Å². The fourth-order valence-corrected chi connectivity index (χ4v) is 2.61. The van der Waals surface area contributed by atoms with E-state index in [1.54, 1.807) is 11.9 Å². The first-order valence-electron chi connectivity index (χ1n) is 6.37. The van der Waals surface area contributed by atoms with Crippen molar-refractivity contribution in [3.8, 4) is 0 Å². The molecule has 2 saturated heterocycles. The normalized spacial score (nSPS) is 28.0. The second-order valence-corrected chi connectivity index (χ2v) is 5.22. The Hall–Kier alpha value is -0.650. The van der Waals surface area contributed by atoms with E-state index in [9.17, 15) is 9.90 Å². The maximum Gasteiger partial charge on any atom is 0.226 e. The van der Waals surface area contributed by atoms with Crippen molar-refractivity contribution in [1.82, 2.24) is 10.2 Å². The van der Waals surface area contributed by atoms with Crippen LogP contribution >= 0.6 is 0 Å². The Labute approximate surface area is 102 Å². The van der Waals surface area contributed by atoms with Crippen LogP contribution in [0.4, 0.5) is 0 Å². The minimum atomic E-state index is -0.755. The van der Waals surface area contributed by atoms with Crippen LogP contribution in [0.15, 0.2) is 0 Å². The highest BCUT2D eigenvalue weighted by Crippen LogP contribution is 2.22. The first-order chi connectivity index (χ1) is 8.11. The summed E-state index contributed by atoms with van der Waals surface area (Å²) in [5.74, 6) is 0.235. The molecule has 0 aromatic rings. The Kier molecular flexibility index (Phi) is 4.01. The van der Waals surface area contributed by atoms with E-state index < -0.39 is 5.60 Å². The van der Waals surface area contributed by atoms with Gasteiger partial charge in [0, 0.05) is 46.2 Å². The molecular weight excluding hydrogens is 220 g/mol. The van der Waals surface area contributed by atoms with E-state index in [0.717, 1.165) is 19.5 Å². The number of hydrogen-bond donors (Lipinski definition) is 2. The summed E-state index contributed by atoms with van der Waals surface area (Å²) in [6.45, 7) is 3.28. The number of ether oxygens (including phenoxy) is 1. The molecule has 0 saturated carbocycles. The van der Waals surface area contributed by atoms with Gasteiger partial charge in [0.25, 0.3) is 0 Å². The van der Waals surface area contributed by atoms with E-state index in [4.69, 9.17) is 4.74 Å². The summed E-state index contributed by atoms with van der Waals surface area (Å²) in [6, 6.07) is 0. The monoisotopic (exact) mass is 242 g/mol. The van der Waals surface area contributed by atoms with Crippen molar-refractivity contribution in [3.05, 3.63) is 0 Å². The quantitative estimate of drug-likeness (QED) is 0.706. The molecule has 0 spiro atoms. The third-order valence-electron chi connectivity index (χ3n) is 3.74. The molecule has 2 fully saturated rings. The Morgan fingerprint density at radius 2 is 2.24 bits per heavy atom. The van der Waals surface area contributed by atoms with E-state index in [-0.39, 0.29) is 11.8 Å². The molecule has 0 aliphatic carbocycles. The van der Waals surface area contributed by atoms with Gasteiger partial charge >= 0.3 is 0 Å². The van der Waals surface area contributed by atoms with Crippen LogP contribution < -0.4 is 5.32 Å². The van der Waals surface area contributed by atoms with Crippen LogP contribution in [0.5, 0.6) is 0 Å². The maximum atomic E-state index is 12.1. The van der Waals surface area contributed by atoms with Gasteiger partial charge in [-0.2, -0.15) is 0 Å². The lowest BCUT2D eigenvalue weighted by molar-refractivity contribution is -0.140. The zero-order valence-electron chi connectivity index (χ0n) is 10.4. The molecule has 5 heteroatoms. The van der Waals surface area contributed by atoms with Crippen molar-refractivity contribution in [1.29, 1.82) is 0 Å². The molecule has 5 nitrogen and oxygen atoms in total. The Morgan fingerprint density at radius 1 is 1.53 bits per heavy atom. The summed E-state index contributed by atoms with van der Waals surface area (Å²) in [5, 5.41) is 13.5. The minimum absolute atomic E-state index is 0.0865. The van der Waals surface area contributed by atoms with Gasteiger partial charge in [0.05, 0.1) is 11.5 Å². The van der Waals surface area contributed by atoms with Crippen LogP contribution in [0, 0.1) is 5.92 Å². The fraction of sp³-hybridized carbons (Fsp3) is 0.917. The van der Waals surface area contributed by atoms with Gasteiger partial charge < -0.3 is 20.1 Å². The summed E-state index contributed by atoms with van der Waals surface area (Å²) in [4.78, 5) is 13.8. The van der Waals surface area contributed by atoms with Gasteiger partial charge in [-0.15, -0.1) is 0 Å². The van der Waals surface area contributed by atoms with E-state index >= 15 is 0 Å². The summed E-state index contributed by atoms with van der Waals surface area (Å²) in [6.07, 6.45) is 2.14. The van der Waals surface area contributed by atoms with Crippen molar-refractivity contribution in [3.63, 3.8) is 0 Å². The van der Waals surface area contributed by atoms with Crippen LogP contribution in [-0.2, 0) is 9.53 Å². The molecule has 2 aliphatic heterocycles. The highest BCUT2D eigenvalue weighted by molar-refractivity contribution is 5.79. The van der Waals surface area contributed by atoms with E-state index in [1.807, 2.05) is 0 Å². The van der Waals surface area contributed by atoms with Gasteiger partial charge in [0.2, 0.25) is 5.91 Å². The van der Waals surface area contributed by atoms with Crippen LogP contribution in [0.3, 0.4) is 0 Å². The highest BCUT2D eigenvalue weighted by atomic mass is 16.5. The standard InChI is InChI=1S/C12H22N2O3/c1-14(11(15)10-2-5-13-8-10)9-12(16)3-6-17-7-4-12/h10,13,16H,2-9H2,1H3. The lowest BCUT2D eigenvalue weighted by Gasteiger charge is -2.36.